The Bertz CT molecular complexity index is 1230. The number of H-pyrrole nitrogens is 1. The molecule has 2 aromatic rings. The van der Waals surface area contributed by atoms with Gasteiger partial charge in [0.05, 0.1) is 17.9 Å². The van der Waals surface area contributed by atoms with Crippen LogP contribution in [0.1, 0.15) is 30.5 Å². The topological polar surface area (TPSA) is 250 Å². The minimum absolute atomic E-state index is 0.0908. The number of nitrogens with one attached hydrogen (secondary N) is 2. The highest BCUT2D eigenvalue weighted by Gasteiger charge is 2.50. The SMILES string of the molecule is Cc1cn(C2OC(C(NC(=O)C(N)C(C)C(O)c3ccc(O)cn3)C(=O)O)C(O)C2O)c(=O)[nH]c1=O. The van der Waals surface area contributed by atoms with E-state index in [2.05, 4.69) is 10.3 Å². The first-order valence-electron chi connectivity index (χ1n) is 10.8. The molecular weight excluding hydrogens is 482 g/mol. The van der Waals surface area contributed by atoms with Gasteiger partial charge in [-0.2, -0.15) is 0 Å². The third-order valence-corrected chi connectivity index (χ3v) is 6.03. The molecule has 15 heteroatoms. The number of amides is 1. The summed E-state index contributed by atoms with van der Waals surface area (Å²) < 4.78 is 6.25. The quantitative estimate of drug-likeness (QED) is 0.175. The van der Waals surface area contributed by atoms with Crippen molar-refractivity contribution in [1.29, 1.82) is 0 Å². The van der Waals surface area contributed by atoms with Crippen molar-refractivity contribution in [3.05, 3.63) is 56.6 Å². The second-order valence-electron chi connectivity index (χ2n) is 8.55. The lowest BCUT2D eigenvalue weighted by molar-refractivity contribution is -0.149. The van der Waals surface area contributed by atoms with Crippen molar-refractivity contribution in [2.24, 2.45) is 11.7 Å². The Labute approximate surface area is 202 Å². The van der Waals surface area contributed by atoms with Gasteiger partial charge in [-0.1, -0.05) is 6.92 Å². The second-order valence-corrected chi connectivity index (χ2v) is 8.55. The van der Waals surface area contributed by atoms with E-state index < -0.39 is 71.8 Å². The van der Waals surface area contributed by atoms with Crippen molar-refractivity contribution in [3.8, 4) is 5.75 Å². The molecule has 0 bridgehead atoms. The zero-order chi connectivity index (χ0) is 26.9. The number of pyridine rings is 1. The molecule has 1 aliphatic rings. The minimum atomic E-state index is -1.91. The number of carbonyl (C=O) groups is 2. The molecule has 0 radical (unpaired) electrons. The van der Waals surface area contributed by atoms with Crippen LogP contribution in [-0.2, 0) is 14.3 Å². The van der Waals surface area contributed by atoms with Gasteiger partial charge in [0.1, 0.15) is 30.2 Å². The average Bonchev–Trinajstić information content (AvgIpc) is 3.12. The van der Waals surface area contributed by atoms with Gasteiger partial charge in [0, 0.05) is 17.7 Å². The Morgan fingerprint density at radius 2 is 1.92 bits per heavy atom. The molecule has 1 aliphatic heterocycles. The average molecular weight is 509 g/mol. The lowest BCUT2D eigenvalue weighted by Crippen LogP contribution is -2.57. The first-order chi connectivity index (χ1) is 16.8. The number of rotatable bonds is 8. The fraction of sp³-hybridized carbons (Fsp3) is 0.476. The molecule has 9 N–H and O–H groups in total. The van der Waals surface area contributed by atoms with Gasteiger partial charge < -0.3 is 41.3 Å². The number of hydrogen-bond donors (Lipinski definition) is 8. The summed E-state index contributed by atoms with van der Waals surface area (Å²) in [6.07, 6.45) is -6.09. The summed E-state index contributed by atoms with van der Waals surface area (Å²) in [6, 6.07) is -0.749. The van der Waals surface area contributed by atoms with Gasteiger partial charge in [-0.05, 0) is 19.1 Å². The number of aliphatic carboxylic acids is 1. The van der Waals surface area contributed by atoms with Crippen LogP contribution < -0.4 is 22.3 Å². The highest BCUT2D eigenvalue weighted by molar-refractivity contribution is 5.87. The first kappa shape index (κ1) is 27.0. The minimum Gasteiger partial charge on any atom is -0.506 e. The lowest BCUT2D eigenvalue weighted by atomic mass is 9.92. The number of hydrogen-bond acceptors (Lipinski definition) is 11. The van der Waals surface area contributed by atoms with Crippen LogP contribution in [0, 0.1) is 12.8 Å². The molecule has 3 heterocycles. The predicted octanol–water partition coefficient (Wildman–Crippen LogP) is -3.17. The Morgan fingerprint density at radius 3 is 2.50 bits per heavy atom. The van der Waals surface area contributed by atoms with Crippen molar-refractivity contribution < 1.29 is 39.9 Å². The number of aliphatic hydroxyl groups excluding tert-OH is 3. The van der Waals surface area contributed by atoms with Gasteiger partial charge in [0.15, 0.2) is 12.3 Å². The van der Waals surface area contributed by atoms with E-state index in [-0.39, 0.29) is 17.0 Å². The first-order valence-corrected chi connectivity index (χ1v) is 10.8. The van der Waals surface area contributed by atoms with Crippen molar-refractivity contribution in [2.45, 2.75) is 56.6 Å². The molecule has 0 aromatic carbocycles. The molecule has 196 valence electrons. The number of aliphatic hydroxyl groups is 3. The summed E-state index contributed by atoms with van der Waals surface area (Å²) in [5.74, 6) is -3.75. The molecule has 0 saturated carbocycles. The molecule has 0 aliphatic carbocycles. The van der Waals surface area contributed by atoms with Crippen molar-refractivity contribution in [2.75, 3.05) is 0 Å². The van der Waals surface area contributed by atoms with Gasteiger partial charge in [0.2, 0.25) is 5.91 Å². The van der Waals surface area contributed by atoms with Crippen LogP contribution in [-0.4, -0.2) is 82.3 Å². The third-order valence-electron chi connectivity index (χ3n) is 6.03. The Balaban J connectivity index is 1.78. The molecule has 1 saturated heterocycles. The normalized spacial score (nSPS) is 25.1. The van der Waals surface area contributed by atoms with Crippen molar-refractivity contribution in [1.82, 2.24) is 19.9 Å². The smallest absolute Gasteiger partial charge is 0.330 e. The van der Waals surface area contributed by atoms with Crippen LogP contribution in [0.3, 0.4) is 0 Å². The van der Waals surface area contributed by atoms with Crippen LogP contribution >= 0.6 is 0 Å². The Hall–Kier alpha value is -3.63. The van der Waals surface area contributed by atoms with E-state index in [1.54, 1.807) is 0 Å². The Kier molecular flexibility index (Phi) is 7.90. The maximum atomic E-state index is 12.8. The molecule has 1 amide bonds. The van der Waals surface area contributed by atoms with Gasteiger partial charge in [-0.3, -0.25) is 24.1 Å². The molecule has 8 unspecified atom stereocenters. The van der Waals surface area contributed by atoms with E-state index in [0.29, 0.717) is 0 Å². The molecule has 8 atom stereocenters. The van der Waals surface area contributed by atoms with E-state index in [0.717, 1.165) is 17.0 Å². The fourth-order valence-corrected chi connectivity index (χ4v) is 3.78. The summed E-state index contributed by atoms with van der Waals surface area (Å²) in [6.45, 7) is 2.81. The van der Waals surface area contributed by atoms with E-state index in [1.165, 1.54) is 26.0 Å². The predicted molar refractivity (Wildman–Crippen MR) is 120 cm³/mol. The standard InChI is InChI=1S/C21H27N5O10/c1-7-6-26(21(35)25-17(7)31)19-15(30)14(29)16(36-19)12(20(33)34)24-18(32)11(22)8(2)13(28)10-4-3-9(27)5-23-10/h3-6,8,11-16,19,27-30H,22H2,1-2H3,(H,24,32)(H,33,34)(H,25,31,35). The molecule has 15 nitrogen and oxygen atoms in total. The van der Waals surface area contributed by atoms with Crippen molar-refractivity contribution in [3.63, 3.8) is 0 Å². The summed E-state index contributed by atoms with van der Waals surface area (Å²) in [5, 5.41) is 52.5. The maximum absolute atomic E-state index is 12.8. The van der Waals surface area contributed by atoms with E-state index in [1.807, 2.05) is 4.98 Å². The molecule has 36 heavy (non-hydrogen) atoms. The molecular formula is C21H27N5O10. The molecule has 1 fully saturated rings. The second kappa shape index (κ2) is 10.5. The number of carbonyl (C=O) groups excluding carboxylic acids is 1. The van der Waals surface area contributed by atoms with Gasteiger partial charge >= 0.3 is 11.7 Å². The van der Waals surface area contributed by atoms with E-state index in [4.69, 9.17) is 10.5 Å². The highest BCUT2D eigenvalue weighted by atomic mass is 16.6. The van der Waals surface area contributed by atoms with Crippen LogP contribution in [0.4, 0.5) is 0 Å². The number of aromatic amines is 1. The summed E-state index contributed by atoms with van der Waals surface area (Å²) in [7, 11) is 0. The molecule has 3 rings (SSSR count). The van der Waals surface area contributed by atoms with Crippen LogP contribution in [0.2, 0.25) is 0 Å². The van der Waals surface area contributed by atoms with Gasteiger partial charge in [-0.25, -0.2) is 9.59 Å². The number of ether oxygens (including phenoxy) is 1. The number of nitrogens with two attached hydrogens (primary N) is 1. The number of nitrogens with zero attached hydrogens (tertiary/aromatic N) is 2. The Morgan fingerprint density at radius 1 is 1.25 bits per heavy atom. The van der Waals surface area contributed by atoms with Gasteiger partial charge in [-0.15, -0.1) is 0 Å². The summed E-state index contributed by atoms with van der Waals surface area (Å²) in [4.78, 5) is 54.3. The number of aromatic hydroxyl groups is 1. The fourth-order valence-electron chi connectivity index (χ4n) is 3.78. The van der Waals surface area contributed by atoms with Gasteiger partial charge in [0.25, 0.3) is 5.56 Å². The van der Waals surface area contributed by atoms with Crippen LogP contribution in [0.5, 0.6) is 5.75 Å². The number of aromatic nitrogens is 3. The monoisotopic (exact) mass is 509 g/mol. The van der Waals surface area contributed by atoms with Crippen LogP contribution in [0.15, 0.2) is 34.1 Å². The highest BCUT2D eigenvalue weighted by Crippen LogP contribution is 2.31. The number of carboxylic acid groups (broad SMARTS) is 1. The number of carboxylic acids is 1. The largest absolute Gasteiger partial charge is 0.506 e. The molecule has 2 aromatic heterocycles. The van der Waals surface area contributed by atoms with Crippen LogP contribution in [0.25, 0.3) is 0 Å². The number of aryl methyl sites for hydroxylation is 1. The van der Waals surface area contributed by atoms with Crippen molar-refractivity contribution >= 4 is 11.9 Å². The zero-order valence-electron chi connectivity index (χ0n) is 19.2. The lowest BCUT2D eigenvalue weighted by Gasteiger charge is -2.28. The summed E-state index contributed by atoms with van der Waals surface area (Å²) >= 11 is 0. The zero-order valence-corrected chi connectivity index (χ0v) is 19.2. The van der Waals surface area contributed by atoms with E-state index >= 15 is 0 Å². The maximum Gasteiger partial charge on any atom is 0.330 e. The van der Waals surface area contributed by atoms with E-state index in [9.17, 15) is 44.7 Å². The summed E-state index contributed by atoms with van der Waals surface area (Å²) in [5.41, 5.74) is 4.49. The third kappa shape index (κ3) is 5.29. The molecule has 0 spiro atoms.